The van der Waals surface area contributed by atoms with Crippen molar-refractivity contribution in [3.8, 4) is 0 Å². The lowest BCUT2D eigenvalue weighted by Gasteiger charge is -2.19. The van der Waals surface area contributed by atoms with Gasteiger partial charge in [-0.1, -0.05) is 23.7 Å². The summed E-state index contributed by atoms with van der Waals surface area (Å²) in [7, 11) is 0. The quantitative estimate of drug-likeness (QED) is 0.797. The molecular weight excluding hydrogens is 194 g/mol. The zero-order valence-corrected chi connectivity index (χ0v) is 9.49. The molecule has 1 aliphatic carbocycles. The van der Waals surface area contributed by atoms with Crippen LogP contribution in [0.4, 0.5) is 0 Å². The van der Waals surface area contributed by atoms with E-state index in [1.165, 1.54) is 24.0 Å². The standard InChI is InChI=1S/C12H16ClN/c1-8-3-4-9(2)11(13)10(8)12(7-14)5-6-12/h3-4H,5-7,14H2,1-2H3. The molecule has 1 aliphatic rings. The lowest BCUT2D eigenvalue weighted by atomic mass is 9.90. The number of hydrogen-bond donors (Lipinski definition) is 1. The minimum atomic E-state index is 0.202. The molecule has 2 rings (SSSR count). The van der Waals surface area contributed by atoms with E-state index in [-0.39, 0.29) is 5.41 Å². The van der Waals surface area contributed by atoms with Gasteiger partial charge in [-0.2, -0.15) is 0 Å². The predicted molar refractivity (Wildman–Crippen MR) is 60.9 cm³/mol. The van der Waals surface area contributed by atoms with Gasteiger partial charge in [0.2, 0.25) is 0 Å². The van der Waals surface area contributed by atoms with Crippen molar-refractivity contribution in [2.75, 3.05) is 6.54 Å². The molecule has 0 amide bonds. The number of nitrogens with two attached hydrogens (primary N) is 1. The average molecular weight is 210 g/mol. The van der Waals surface area contributed by atoms with Crippen LogP contribution in [0, 0.1) is 13.8 Å². The highest BCUT2D eigenvalue weighted by molar-refractivity contribution is 6.32. The minimum Gasteiger partial charge on any atom is -0.330 e. The van der Waals surface area contributed by atoms with Gasteiger partial charge in [-0.25, -0.2) is 0 Å². The average Bonchev–Trinajstić information content (AvgIpc) is 2.93. The van der Waals surface area contributed by atoms with Gasteiger partial charge in [-0.15, -0.1) is 0 Å². The second-order valence-electron chi connectivity index (χ2n) is 4.37. The fraction of sp³-hybridized carbons (Fsp3) is 0.500. The Bertz CT molecular complexity index is 367. The molecule has 1 nitrogen and oxygen atoms in total. The van der Waals surface area contributed by atoms with Crippen molar-refractivity contribution in [2.45, 2.75) is 32.1 Å². The lowest BCUT2D eigenvalue weighted by Crippen LogP contribution is -2.21. The third kappa shape index (κ3) is 1.35. The summed E-state index contributed by atoms with van der Waals surface area (Å²) in [6.07, 6.45) is 2.38. The molecule has 1 aromatic rings. The van der Waals surface area contributed by atoms with E-state index in [0.717, 1.165) is 17.1 Å². The Morgan fingerprint density at radius 3 is 2.36 bits per heavy atom. The van der Waals surface area contributed by atoms with Crippen LogP contribution < -0.4 is 5.73 Å². The molecule has 1 aromatic carbocycles. The largest absolute Gasteiger partial charge is 0.330 e. The van der Waals surface area contributed by atoms with Crippen molar-refractivity contribution < 1.29 is 0 Å². The van der Waals surface area contributed by atoms with Crippen LogP contribution in [0.25, 0.3) is 0 Å². The number of rotatable bonds is 2. The van der Waals surface area contributed by atoms with Crippen molar-refractivity contribution in [3.05, 3.63) is 33.8 Å². The Morgan fingerprint density at radius 1 is 1.29 bits per heavy atom. The summed E-state index contributed by atoms with van der Waals surface area (Å²) in [5.74, 6) is 0. The molecular formula is C12H16ClN. The van der Waals surface area contributed by atoms with Crippen LogP contribution >= 0.6 is 11.6 Å². The molecule has 0 spiro atoms. The Kier molecular flexibility index (Phi) is 2.32. The van der Waals surface area contributed by atoms with Crippen molar-refractivity contribution in [1.29, 1.82) is 0 Å². The monoisotopic (exact) mass is 209 g/mol. The molecule has 0 aromatic heterocycles. The van der Waals surface area contributed by atoms with Crippen LogP contribution in [-0.2, 0) is 5.41 Å². The molecule has 0 heterocycles. The number of hydrogen-bond acceptors (Lipinski definition) is 1. The highest BCUT2D eigenvalue weighted by Crippen LogP contribution is 2.51. The van der Waals surface area contributed by atoms with Gasteiger partial charge in [0, 0.05) is 17.0 Å². The lowest BCUT2D eigenvalue weighted by molar-refractivity contribution is 0.699. The van der Waals surface area contributed by atoms with Crippen LogP contribution in [0.2, 0.25) is 5.02 Å². The molecule has 0 atom stereocenters. The van der Waals surface area contributed by atoms with Gasteiger partial charge in [0.15, 0.2) is 0 Å². The van der Waals surface area contributed by atoms with Crippen LogP contribution in [0.3, 0.4) is 0 Å². The maximum absolute atomic E-state index is 6.35. The highest BCUT2D eigenvalue weighted by atomic mass is 35.5. The third-order valence-electron chi connectivity index (χ3n) is 3.32. The molecule has 1 saturated carbocycles. The summed E-state index contributed by atoms with van der Waals surface area (Å²) in [4.78, 5) is 0. The number of halogens is 1. The van der Waals surface area contributed by atoms with E-state index in [0.29, 0.717) is 0 Å². The van der Waals surface area contributed by atoms with Crippen molar-refractivity contribution in [2.24, 2.45) is 5.73 Å². The fourth-order valence-electron chi connectivity index (χ4n) is 2.13. The first kappa shape index (κ1) is 10.0. The Labute approximate surface area is 90.3 Å². The van der Waals surface area contributed by atoms with Crippen LogP contribution in [-0.4, -0.2) is 6.54 Å². The van der Waals surface area contributed by atoms with E-state index in [1.807, 2.05) is 0 Å². The third-order valence-corrected chi connectivity index (χ3v) is 3.81. The molecule has 1 fully saturated rings. The minimum absolute atomic E-state index is 0.202. The van der Waals surface area contributed by atoms with E-state index < -0.39 is 0 Å². The number of aryl methyl sites for hydroxylation is 2. The number of benzene rings is 1. The predicted octanol–water partition coefficient (Wildman–Crippen LogP) is 2.95. The van der Waals surface area contributed by atoms with E-state index in [9.17, 15) is 0 Å². The van der Waals surface area contributed by atoms with E-state index in [4.69, 9.17) is 17.3 Å². The van der Waals surface area contributed by atoms with Crippen molar-refractivity contribution in [3.63, 3.8) is 0 Å². The first-order valence-corrected chi connectivity index (χ1v) is 5.45. The van der Waals surface area contributed by atoms with E-state index in [2.05, 4.69) is 26.0 Å². The highest BCUT2D eigenvalue weighted by Gasteiger charge is 2.45. The summed E-state index contributed by atoms with van der Waals surface area (Å²) in [6.45, 7) is 4.89. The van der Waals surface area contributed by atoms with Gasteiger partial charge in [-0.05, 0) is 43.4 Å². The fourth-order valence-corrected chi connectivity index (χ4v) is 2.55. The zero-order valence-electron chi connectivity index (χ0n) is 8.73. The first-order valence-electron chi connectivity index (χ1n) is 5.07. The summed E-state index contributed by atoms with van der Waals surface area (Å²) >= 11 is 6.35. The van der Waals surface area contributed by atoms with Crippen molar-refractivity contribution in [1.82, 2.24) is 0 Å². The zero-order chi connectivity index (χ0) is 10.3. The SMILES string of the molecule is Cc1ccc(C)c(C2(CN)CC2)c1Cl. The second-order valence-corrected chi connectivity index (χ2v) is 4.75. The maximum atomic E-state index is 6.35. The molecule has 76 valence electrons. The molecule has 2 N–H and O–H groups in total. The molecule has 0 bridgehead atoms. The van der Waals surface area contributed by atoms with E-state index >= 15 is 0 Å². The maximum Gasteiger partial charge on any atom is 0.0475 e. The van der Waals surface area contributed by atoms with Crippen LogP contribution in [0.15, 0.2) is 12.1 Å². The summed E-state index contributed by atoms with van der Waals surface area (Å²) in [5, 5.41) is 0.924. The normalized spacial score (nSPS) is 18.3. The summed E-state index contributed by atoms with van der Waals surface area (Å²) < 4.78 is 0. The summed E-state index contributed by atoms with van der Waals surface area (Å²) in [6, 6.07) is 4.22. The van der Waals surface area contributed by atoms with Crippen LogP contribution in [0.5, 0.6) is 0 Å². The smallest absolute Gasteiger partial charge is 0.0475 e. The van der Waals surface area contributed by atoms with Gasteiger partial charge in [0.05, 0.1) is 0 Å². The molecule has 14 heavy (non-hydrogen) atoms. The molecule has 0 saturated heterocycles. The molecule has 0 radical (unpaired) electrons. The van der Waals surface area contributed by atoms with E-state index in [1.54, 1.807) is 0 Å². The molecule has 0 aliphatic heterocycles. The van der Waals surface area contributed by atoms with Crippen molar-refractivity contribution >= 4 is 11.6 Å². The Morgan fingerprint density at radius 2 is 1.86 bits per heavy atom. The topological polar surface area (TPSA) is 26.0 Å². The Balaban J connectivity index is 2.57. The molecule has 2 heteroatoms. The Hall–Kier alpha value is -0.530. The van der Waals surface area contributed by atoms with Gasteiger partial charge >= 0.3 is 0 Å². The van der Waals surface area contributed by atoms with Gasteiger partial charge in [0.1, 0.15) is 0 Å². The molecule has 0 unspecified atom stereocenters. The van der Waals surface area contributed by atoms with Gasteiger partial charge in [0.25, 0.3) is 0 Å². The van der Waals surface area contributed by atoms with Gasteiger partial charge in [-0.3, -0.25) is 0 Å². The summed E-state index contributed by atoms with van der Waals surface area (Å²) in [5.41, 5.74) is 9.77. The van der Waals surface area contributed by atoms with Gasteiger partial charge < -0.3 is 5.73 Å². The second kappa shape index (κ2) is 3.25. The first-order chi connectivity index (χ1) is 6.60. The van der Waals surface area contributed by atoms with Crippen LogP contribution in [0.1, 0.15) is 29.5 Å².